The second-order valence-electron chi connectivity index (χ2n) is 7.17. The Bertz CT molecular complexity index is 794. The van der Waals surface area contributed by atoms with Crippen LogP contribution in [-0.2, 0) is 17.8 Å². The average molecular weight is 353 g/mol. The molecule has 0 radical (unpaired) electrons. The third-order valence-electron chi connectivity index (χ3n) is 5.36. The molecule has 2 heterocycles. The first-order valence-corrected chi connectivity index (χ1v) is 9.32. The molecule has 2 aromatic rings. The Balaban J connectivity index is 1.45. The largest absolute Gasteiger partial charge is 0.360 e. The Morgan fingerprint density at radius 3 is 2.73 bits per heavy atom. The third kappa shape index (κ3) is 3.49. The van der Waals surface area contributed by atoms with Gasteiger partial charge in [-0.25, -0.2) is 0 Å². The molecule has 26 heavy (non-hydrogen) atoms. The smallest absolute Gasteiger partial charge is 0.278 e. The summed E-state index contributed by atoms with van der Waals surface area (Å²) in [6.07, 6.45) is 6.00. The van der Waals surface area contributed by atoms with Crippen LogP contribution in [0.15, 0.2) is 34.9 Å². The van der Waals surface area contributed by atoms with E-state index in [-0.39, 0.29) is 17.5 Å². The Labute approximate surface area is 152 Å². The van der Waals surface area contributed by atoms with Gasteiger partial charge in [0.1, 0.15) is 5.76 Å². The maximum absolute atomic E-state index is 12.6. The van der Waals surface area contributed by atoms with Gasteiger partial charge in [-0.2, -0.15) is 0 Å². The summed E-state index contributed by atoms with van der Waals surface area (Å²) in [7, 11) is 0. The number of fused-ring (bicyclic) bond motifs is 1. The van der Waals surface area contributed by atoms with Crippen molar-refractivity contribution in [1.29, 1.82) is 0 Å². The number of nitrogens with one attached hydrogen (secondary N) is 1. The van der Waals surface area contributed by atoms with Crippen molar-refractivity contribution in [2.75, 3.05) is 11.9 Å². The summed E-state index contributed by atoms with van der Waals surface area (Å²) in [6, 6.07) is 9.25. The van der Waals surface area contributed by atoms with Crippen LogP contribution in [0.4, 0.5) is 5.69 Å². The van der Waals surface area contributed by atoms with Crippen molar-refractivity contribution >= 4 is 17.5 Å². The van der Waals surface area contributed by atoms with Crippen molar-refractivity contribution < 1.29 is 14.1 Å². The number of rotatable bonds is 4. The van der Waals surface area contributed by atoms with Crippen LogP contribution >= 0.6 is 0 Å². The molecule has 0 saturated heterocycles. The molecule has 0 atom stereocenters. The zero-order valence-electron chi connectivity index (χ0n) is 14.7. The highest BCUT2D eigenvalue weighted by molar-refractivity contribution is 6.04. The van der Waals surface area contributed by atoms with Gasteiger partial charge in [0.25, 0.3) is 5.91 Å². The van der Waals surface area contributed by atoms with Gasteiger partial charge >= 0.3 is 0 Å². The number of carbonyl (C=O) groups is 2. The van der Waals surface area contributed by atoms with Crippen LogP contribution < -0.4 is 5.32 Å². The number of nitrogens with zero attached hydrogens (tertiary/aromatic N) is 2. The van der Waals surface area contributed by atoms with Gasteiger partial charge in [-0.1, -0.05) is 36.2 Å². The van der Waals surface area contributed by atoms with E-state index in [9.17, 15) is 9.59 Å². The topological polar surface area (TPSA) is 75.4 Å². The van der Waals surface area contributed by atoms with E-state index >= 15 is 0 Å². The molecule has 1 aliphatic carbocycles. The second kappa shape index (κ2) is 7.32. The molecule has 1 fully saturated rings. The van der Waals surface area contributed by atoms with Crippen LogP contribution in [0.2, 0.25) is 0 Å². The fourth-order valence-electron chi connectivity index (χ4n) is 3.90. The Morgan fingerprint density at radius 2 is 1.96 bits per heavy atom. The van der Waals surface area contributed by atoms with Gasteiger partial charge < -0.3 is 14.7 Å². The molecular weight excluding hydrogens is 330 g/mol. The molecule has 0 unspecified atom stereocenters. The molecule has 136 valence electrons. The first-order chi connectivity index (χ1) is 12.7. The first kappa shape index (κ1) is 16.8. The van der Waals surface area contributed by atoms with Crippen LogP contribution in [0.3, 0.4) is 0 Å². The van der Waals surface area contributed by atoms with E-state index in [1.54, 1.807) is 0 Å². The van der Waals surface area contributed by atoms with Gasteiger partial charge in [0.05, 0.1) is 6.54 Å². The summed E-state index contributed by atoms with van der Waals surface area (Å²) in [5.41, 5.74) is 1.73. The summed E-state index contributed by atoms with van der Waals surface area (Å²) in [5, 5.41) is 6.80. The molecule has 2 aliphatic rings. The molecule has 0 bridgehead atoms. The number of hydrogen-bond donors (Lipinski definition) is 1. The lowest BCUT2D eigenvalue weighted by molar-refractivity contribution is -0.133. The van der Waals surface area contributed by atoms with Crippen LogP contribution in [0.5, 0.6) is 0 Å². The van der Waals surface area contributed by atoms with Crippen LogP contribution in [0.1, 0.15) is 53.9 Å². The summed E-state index contributed by atoms with van der Waals surface area (Å²) in [4.78, 5) is 27.0. The SMILES string of the molecule is O=C(Nc1ccccc1)c1noc2c1CN(C(=O)CC1CCCC1)CC2. The van der Waals surface area contributed by atoms with Gasteiger partial charge in [-0.15, -0.1) is 0 Å². The van der Waals surface area contributed by atoms with Crippen LogP contribution in [0.25, 0.3) is 0 Å². The highest BCUT2D eigenvalue weighted by Crippen LogP contribution is 2.30. The molecule has 4 rings (SSSR count). The number of carbonyl (C=O) groups excluding carboxylic acids is 2. The summed E-state index contributed by atoms with van der Waals surface area (Å²) in [6.45, 7) is 1.04. The number of para-hydroxylation sites is 1. The van der Waals surface area contributed by atoms with Crippen LogP contribution in [-0.4, -0.2) is 28.4 Å². The van der Waals surface area contributed by atoms with E-state index in [0.717, 1.165) is 18.4 Å². The number of aromatic nitrogens is 1. The van der Waals surface area contributed by atoms with Crippen molar-refractivity contribution in [2.24, 2.45) is 5.92 Å². The molecule has 1 saturated carbocycles. The zero-order chi connectivity index (χ0) is 17.9. The lowest BCUT2D eigenvalue weighted by Gasteiger charge is -2.27. The van der Waals surface area contributed by atoms with E-state index in [0.29, 0.717) is 43.3 Å². The normalized spacial score (nSPS) is 17.2. The van der Waals surface area contributed by atoms with Crippen molar-refractivity contribution in [3.63, 3.8) is 0 Å². The van der Waals surface area contributed by atoms with E-state index in [1.807, 2.05) is 35.2 Å². The minimum atomic E-state index is -0.300. The molecule has 1 aromatic heterocycles. The fourth-order valence-corrected chi connectivity index (χ4v) is 3.90. The third-order valence-corrected chi connectivity index (χ3v) is 5.36. The Hall–Kier alpha value is -2.63. The Morgan fingerprint density at radius 1 is 1.19 bits per heavy atom. The van der Waals surface area contributed by atoms with Crippen LogP contribution in [0, 0.1) is 5.92 Å². The summed E-state index contributed by atoms with van der Waals surface area (Å²) < 4.78 is 5.36. The zero-order valence-corrected chi connectivity index (χ0v) is 14.7. The minimum absolute atomic E-state index is 0.179. The number of amides is 2. The maximum atomic E-state index is 12.6. The highest BCUT2D eigenvalue weighted by Gasteiger charge is 2.31. The molecule has 6 nitrogen and oxygen atoms in total. The van der Waals surface area contributed by atoms with Crippen molar-refractivity contribution in [3.05, 3.63) is 47.3 Å². The Kier molecular flexibility index (Phi) is 4.73. The van der Waals surface area contributed by atoms with Gasteiger partial charge in [0, 0.05) is 30.6 Å². The number of benzene rings is 1. The molecule has 6 heteroatoms. The summed E-state index contributed by atoms with van der Waals surface area (Å²) >= 11 is 0. The quantitative estimate of drug-likeness (QED) is 0.914. The number of anilines is 1. The molecule has 1 N–H and O–H groups in total. The van der Waals surface area contributed by atoms with Crippen molar-refractivity contribution in [1.82, 2.24) is 10.1 Å². The molecule has 2 amide bonds. The van der Waals surface area contributed by atoms with Gasteiger partial charge in [-0.05, 0) is 30.9 Å². The average Bonchev–Trinajstić information content (AvgIpc) is 3.31. The standard InChI is InChI=1S/C20H23N3O3/c24-18(12-14-6-4-5-7-14)23-11-10-17-16(13-23)19(22-26-17)20(25)21-15-8-2-1-3-9-15/h1-3,8-9,14H,4-7,10-13H2,(H,21,25). The molecule has 1 aromatic carbocycles. The van der Waals surface area contributed by atoms with Gasteiger partial charge in [0.2, 0.25) is 5.91 Å². The van der Waals surface area contributed by atoms with E-state index in [1.165, 1.54) is 12.8 Å². The molecule has 0 spiro atoms. The van der Waals surface area contributed by atoms with E-state index in [4.69, 9.17) is 4.52 Å². The van der Waals surface area contributed by atoms with Crippen molar-refractivity contribution in [2.45, 2.75) is 45.1 Å². The maximum Gasteiger partial charge on any atom is 0.278 e. The summed E-state index contributed by atoms with van der Waals surface area (Å²) in [5.74, 6) is 1.12. The van der Waals surface area contributed by atoms with Gasteiger partial charge in [0.15, 0.2) is 5.69 Å². The van der Waals surface area contributed by atoms with Crippen molar-refractivity contribution in [3.8, 4) is 0 Å². The first-order valence-electron chi connectivity index (χ1n) is 9.32. The monoisotopic (exact) mass is 353 g/mol. The van der Waals surface area contributed by atoms with Gasteiger partial charge in [-0.3, -0.25) is 9.59 Å². The second-order valence-corrected chi connectivity index (χ2v) is 7.17. The lowest BCUT2D eigenvalue weighted by atomic mass is 10.0. The fraction of sp³-hybridized carbons (Fsp3) is 0.450. The van der Waals surface area contributed by atoms with E-state index < -0.39 is 0 Å². The van der Waals surface area contributed by atoms with E-state index in [2.05, 4.69) is 10.5 Å². The predicted octanol–water partition coefficient (Wildman–Crippen LogP) is 3.39. The highest BCUT2D eigenvalue weighted by atomic mass is 16.5. The molecule has 1 aliphatic heterocycles. The minimum Gasteiger partial charge on any atom is -0.360 e. The predicted molar refractivity (Wildman–Crippen MR) is 96.6 cm³/mol. The lowest BCUT2D eigenvalue weighted by Crippen LogP contribution is -2.37. The number of hydrogen-bond acceptors (Lipinski definition) is 4. The molecular formula is C20H23N3O3.